The molecule has 0 saturated heterocycles. The number of esters is 1. The van der Waals surface area contributed by atoms with Gasteiger partial charge in [-0.1, -0.05) is 30.3 Å². The smallest absolute Gasteiger partial charge is 0.329 e. The highest BCUT2D eigenvalue weighted by molar-refractivity contribution is 5.85. The Kier molecular flexibility index (Phi) is 7.07. The minimum absolute atomic E-state index is 0. The van der Waals surface area contributed by atoms with Crippen LogP contribution < -0.4 is 11.1 Å². The summed E-state index contributed by atoms with van der Waals surface area (Å²) in [7, 11) is 0. The Morgan fingerprint density at radius 2 is 1.80 bits per heavy atom. The number of nitrogens with two attached hydrogens (primary N) is 1. The van der Waals surface area contributed by atoms with Crippen LogP contribution in [0.5, 0.6) is 0 Å². The summed E-state index contributed by atoms with van der Waals surface area (Å²) >= 11 is 0. The minimum atomic E-state index is -0.779. The zero-order valence-corrected chi connectivity index (χ0v) is 12.7. The van der Waals surface area contributed by atoms with E-state index in [4.69, 9.17) is 10.5 Å². The molecule has 5 nitrogen and oxygen atoms in total. The van der Waals surface area contributed by atoms with Crippen LogP contribution in [0.15, 0.2) is 30.3 Å². The number of nitrogens with one attached hydrogen (secondary N) is 1. The monoisotopic (exact) mass is 300 g/mol. The molecule has 0 aliphatic carbocycles. The molecule has 1 atom stereocenters. The summed E-state index contributed by atoms with van der Waals surface area (Å²) in [5.41, 5.74) is 5.41. The summed E-state index contributed by atoms with van der Waals surface area (Å²) in [4.78, 5) is 23.0. The molecular weight excluding hydrogens is 280 g/mol. The van der Waals surface area contributed by atoms with Crippen molar-refractivity contribution in [2.75, 3.05) is 0 Å². The van der Waals surface area contributed by atoms with Crippen LogP contribution in [0.4, 0.5) is 4.79 Å². The van der Waals surface area contributed by atoms with E-state index in [0.717, 1.165) is 5.56 Å². The van der Waals surface area contributed by atoms with Crippen molar-refractivity contribution < 1.29 is 14.3 Å². The molecule has 0 aliphatic rings. The molecule has 1 unspecified atom stereocenters. The van der Waals surface area contributed by atoms with Gasteiger partial charge in [0.2, 0.25) is 0 Å². The minimum Gasteiger partial charge on any atom is -0.458 e. The lowest BCUT2D eigenvalue weighted by Gasteiger charge is -2.24. The van der Waals surface area contributed by atoms with Crippen molar-refractivity contribution in [3.05, 3.63) is 35.9 Å². The fraction of sp³-hybridized carbons (Fsp3) is 0.429. The van der Waals surface area contributed by atoms with E-state index < -0.39 is 23.6 Å². The van der Waals surface area contributed by atoms with Gasteiger partial charge in [0.15, 0.2) is 0 Å². The van der Waals surface area contributed by atoms with E-state index in [2.05, 4.69) is 5.32 Å². The number of benzene rings is 1. The van der Waals surface area contributed by atoms with E-state index in [1.807, 2.05) is 30.3 Å². The molecule has 0 aromatic heterocycles. The van der Waals surface area contributed by atoms with Crippen molar-refractivity contribution >= 4 is 24.4 Å². The van der Waals surface area contributed by atoms with Gasteiger partial charge in [0.05, 0.1) is 0 Å². The highest BCUT2D eigenvalue weighted by Crippen LogP contribution is 2.11. The first-order valence-electron chi connectivity index (χ1n) is 6.11. The van der Waals surface area contributed by atoms with E-state index in [9.17, 15) is 9.59 Å². The molecule has 20 heavy (non-hydrogen) atoms. The van der Waals surface area contributed by atoms with Gasteiger partial charge in [-0.25, -0.2) is 9.59 Å². The molecule has 1 aromatic carbocycles. The standard InChI is InChI=1S/C14H20N2O3.ClH/c1-14(2,3)19-12(17)11(16-13(15)18)9-10-7-5-4-6-8-10;/h4-8,11H,9H2,1-3H3,(H3,15,16,18);1H. The molecule has 1 aromatic rings. The quantitative estimate of drug-likeness (QED) is 0.835. The summed E-state index contributed by atoms with van der Waals surface area (Å²) in [6.07, 6.45) is 0.346. The largest absolute Gasteiger partial charge is 0.458 e. The Hall–Kier alpha value is -1.75. The predicted octanol–water partition coefficient (Wildman–Crippen LogP) is 2.03. The number of hydrogen-bond acceptors (Lipinski definition) is 3. The van der Waals surface area contributed by atoms with Gasteiger partial charge < -0.3 is 15.8 Å². The first-order valence-corrected chi connectivity index (χ1v) is 6.11. The van der Waals surface area contributed by atoms with E-state index in [1.165, 1.54) is 0 Å². The molecule has 112 valence electrons. The fourth-order valence-electron chi connectivity index (χ4n) is 1.59. The summed E-state index contributed by atoms with van der Waals surface area (Å²) in [5, 5.41) is 2.42. The lowest BCUT2D eigenvalue weighted by molar-refractivity contribution is -0.157. The van der Waals surface area contributed by atoms with Crippen LogP contribution in [0.1, 0.15) is 26.3 Å². The average molecular weight is 301 g/mol. The zero-order valence-electron chi connectivity index (χ0n) is 11.9. The zero-order chi connectivity index (χ0) is 14.5. The lowest BCUT2D eigenvalue weighted by atomic mass is 10.1. The molecule has 0 heterocycles. The Bertz CT molecular complexity index is 443. The molecule has 6 heteroatoms. The molecule has 2 amide bonds. The third-order valence-electron chi connectivity index (χ3n) is 2.29. The molecule has 0 saturated carbocycles. The number of halogens is 1. The summed E-state index contributed by atoms with van der Waals surface area (Å²) in [5.74, 6) is -0.491. The van der Waals surface area contributed by atoms with Gasteiger partial charge in [0.1, 0.15) is 11.6 Å². The first-order chi connectivity index (χ1) is 8.78. The number of carbonyl (C=O) groups excluding carboxylic acids is 2. The molecule has 1 rings (SSSR count). The number of urea groups is 1. The van der Waals surface area contributed by atoms with Crippen molar-refractivity contribution in [3.63, 3.8) is 0 Å². The Balaban J connectivity index is 0.00000361. The van der Waals surface area contributed by atoms with Crippen LogP contribution in [0.3, 0.4) is 0 Å². The van der Waals surface area contributed by atoms with Crippen LogP contribution in [0.2, 0.25) is 0 Å². The highest BCUT2D eigenvalue weighted by atomic mass is 35.5. The van der Waals surface area contributed by atoms with Gasteiger partial charge in [-0.15, -0.1) is 12.4 Å². The molecule has 0 aliphatic heterocycles. The number of amides is 2. The maximum Gasteiger partial charge on any atom is 0.329 e. The number of carbonyl (C=O) groups is 2. The van der Waals surface area contributed by atoms with Gasteiger partial charge >= 0.3 is 12.0 Å². The van der Waals surface area contributed by atoms with Crippen molar-refractivity contribution in [2.24, 2.45) is 5.73 Å². The van der Waals surface area contributed by atoms with Crippen molar-refractivity contribution in [1.82, 2.24) is 5.32 Å². The SMILES string of the molecule is CC(C)(C)OC(=O)C(Cc1ccccc1)NC(N)=O.Cl. The van der Waals surface area contributed by atoms with Crippen LogP contribution in [0.25, 0.3) is 0 Å². The summed E-state index contributed by atoms with van der Waals surface area (Å²) in [6, 6.07) is 7.84. The third-order valence-corrected chi connectivity index (χ3v) is 2.29. The predicted molar refractivity (Wildman–Crippen MR) is 79.7 cm³/mol. The second-order valence-corrected chi connectivity index (χ2v) is 5.28. The number of hydrogen-bond donors (Lipinski definition) is 2. The van der Waals surface area contributed by atoms with Gasteiger partial charge in [0.25, 0.3) is 0 Å². The topological polar surface area (TPSA) is 81.4 Å². The van der Waals surface area contributed by atoms with E-state index >= 15 is 0 Å². The Morgan fingerprint density at radius 3 is 2.25 bits per heavy atom. The molecule has 0 bridgehead atoms. The highest BCUT2D eigenvalue weighted by Gasteiger charge is 2.26. The Labute approximate surface area is 125 Å². The Morgan fingerprint density at radius 1 is 1.25 bits per heavy atom. The van der Waals surface area contributed by atoms with Crippen LogP contribution in [-0.2, 0) is 16.0 Å². The van der Waals surface area contributed by atoms with Crippen LogP contribution >= 0.6 is 12.4 Å². The number of primary amides is 1. The van der Waals surface area contributed by atoms with Gasteiger partial charge in [-0.05, 0) is 26.3 Å². The normalized spacial score (nSPS) is 11.9. The van der Waals surface area contributed by atoms with Crippen molar-refractivity contribution in [2.45, 2.75) is 38.8 Å². The van der Waals surface area contributed by atoms with Crippen molar-refractivity contribution in [1.29, 1.82) is 0 Å². The lowest BCUT2D eigenvalue weighted by Crippen LogP contribution is -2.47. The maximum atomic E-state index is 12.0. The number of ether oxygens (including phenoxy) is 1. The molecule has 0 radical (unpaired) electrons. The van der Waals surface area contributed by atoms with Gasteiger partial charge in [-0.2, -0.15) is 0 Å². The van der Waals surface area contributed by atoms with E-state index in [-0.39, 0.29) is 12.4 Å². The van der Waals surface area contributed by atoms with E-state index in [0.29, 0.717) is 6.42 Å². The van der Waals surface area contributed by atoms with Crippen molar-refractivity contribution in [3.8, 4) is 0 Å². The number of rotatable bonds is 4. The summed E-state index contributed by atoms with van der Waals surface area (Å²) < 4.78 is 5.26. The average Bonchev–Trinajstić information content (AvgIpc) is 2.26. The second kappa shape index (κ2) is 7.75. The fourth-order valence-corrected chi connectivity index (χ4v) is 1.59. The second-order valence-electron chi connectivity index (χ2n) is 5.28. The maximum absolute atomic E-state index is 12.0. The van der Waals surface area contributed by atoms with Gasteiger partial charge in [0, 0.05) is 6.42 Å². The van der Waals surface area contributed by atoms with Crippen LogP contribution in [0, 0.1) is 0 Å². The summed E-state index contributed by atoms with van der Waals surface area (Å²) in [6.45, 7) is 5.32. The molecular formula is C14H21ClN2O3. The van der Waals surface area contributed by atoms with Gasteiger partial charge in [-0.3, -0.25) is 0 Å². The molecule has 0 spiro atoms. The van der Waals surface area contributed by atoms with Crippen LogP contribution in [-0.4, -0.2) is 23.6 Å². The molecule has 3 N–H and O–H groups in total. The van der Waals surface area contributed by atoms with E-state index in [1.54, 1.807) is 20.8 Å². The first kappa shape index (κ1) is 18.2. The third kappa shape index (κ3) is 6.99. The molecule has 0 fully saturated rings.